The number of ether oxygens (including phenoxy) is 1. The van der Waals surface area contributed by atoms with Crippen molar-refractivity contribution >= 4 is 44.9 Å². The average molecular weight is 466 g/mol. The number of rotatable bonds is 6. The number of benzene rings is 2. The van der Waals surface area contributed by atoms with Gasteiger partial charge in [0.1, 0.15) is 16.4 Å². The first-order valence-corrected chi connectivity index (χ1v) is 11.8. The number of nitrogens with one attached hydrogen (secondary N) is 2. The molecule has 0 spiro atoms. The maximum Gasteiger partial charge on any atom is 0.266 e. The van der Waals surface area contributed by atoms with Crippen LogP contribution >= 0.6 is 23.1 Å². The minimum Gasteiger partial charge on any atom is -0.497 e. The molecule has 164 valence electrons. The number of carbonyl (C=O) groups excluding carboxylic acids is 1. The van der Waals surface area contributed by atoms with E-state index in [0.29, 0.717) is 32.2 Å². The number of H-pyrrole nitrogens is 1. The number of thiophene rings is 1. The molecule has 1 amide bonds. The van der Waals surface area contributed by atoms with Gasteiger partial charge in [0.2, 0.25) is 0 Å². The summed E-state index contributed by atoms with van der Waals surface area (Å²) in [5.41, 5.74) is 3.31. The molecule has 0 unspecified atom stereocenters. The number of aromatic amines is 1. The molecule has 2 N–H and O–H groups in total. The second-order valence-electron chi connectivity index (χ2n) is 7.49. The lowest BCUT2D eigenvalue weighted by atomic mass is 10.1. The fourth-order valence-corrected chi connectivity index (χ4v) is 5.29. The highest BCUT2D eigenvalue weighted by molar-refractivity contribution is 7.98. The number of carbonyl (C=O) groups is 1. The van der Waals surface area contributed by atoms with Crippen molar-refractivity contribution < 1.29 is 9.53 Å². The zero-order valence-corrected chi connectivity index (χ0v) is 19.9. The SMILES string of the molecule is COc1ccc(SCc2nc3sc(C(=O)Nc4ccc(C)cc4C)c(C)c3c(=O)[nH]2)cc1. The summed E-state index contributed by atoms with van der Waals surface area (Å²) in [6.45, 7) is 5.76. The molecule has 0 saturated carbocycles. The molecule has 0 saturated heterocycles. The Kier molecular flexibility index (Phi) is 6.34. The van der Waals surface area contributed by atoms with Gasteiger partial charge in [0.05, 0.1) is 23.1 Å². The highest BCUT2D eigenvalue weighted by Gasteiger charge is 2.20. The molecule has 4 rings (SSSR count). The van der Waals surface area contributed by atoms with E-state index >= 15 is 0 Å². The van der Waals surface area contributed by atoms with Gasteiger partial charge in [-0.2, -0.15) is 0 Å². The summed E-state index contributed by atoms with van der Waals surface area (Å²) >= 11 is 2.82. The van der Waals surface area contributed by atoms with E-state index in [1.54, 1.807) is 25.8 Å². The first kappa shape index (κ1) is 22.1. The number of hydrogen-bond donors (Lipinski definition) is 2. The molecular formula is C24H23N3O3S2. The van der Waals surface area contributed by atoms with Crippen LogP contribution in [0.2, 0.25) is 0 Å². The molecule has 0 aliphatic heterocycles. The molecule has 2 aromatic heterocycles. The molecule has 0 atom stereocenters. The van der Waals surface area contributed by atoms with Crippen molar-refractivity contribution in [2.24, 2.45) is 0 Å². The van der Waals surface area contributed by atoms with E-state index in [0.717, 1.165) is 27.5 Å². The summed E-state index contributed by atoms with van der Waals surface area (Å²) in [5, 5.41) is 3.43. The Morgan fingerprint density at radius 3 is 2.59 bits per heavy atom. The maximum absolute atomic E-state index is 12.9. The first-order valence-electron chi connectivity index (χ1n) is 10.0. The summed E-state index contributed by atoms with van der Waals surface area (Å²) in [4.78, 5) is 35.3. The maximum atomic E-state index is 12.9. The third kappa shape index (κ3) is 4.56. The molecule has 6 nitrogen and oxygen atoms in total. The Bertz CT molecular complexity index is 1360. The van der Waals surface area contributed by atoms with Crippen LogP contribution in [0.3, 0.4) is 0 Å². The fourth-order valence-electron chi connectivity index (χ4n) is 3.43. The second-order valence-corrected chi connectivity index (χ2v) is 9.53. The van der Waals surface area contributed by atoms with Crippen LogP contribution in [0.1, 0.15) is 32.2 Å². The number of thioether (sulfide) groups is 1. The molecule has 0 fully saturated rings. The average Bonchev–Trinajstić information content (AvgIpc) is 3.11. The van der Waals surface area contributed by atoms with Gasteiger partial charge in [-0.05, 0) is 62.2 Å². The van der Waals surface area contributed by atoms with Gasteiger partial charge in [0.15, 0.2) is 0 Å². The summed E-state index contributed by atoms with van der Waals surface area (Å²) in [6.07, 6.45) is 0. The van der Waals surface area contributed by atoms with Gasteiger partial charge < -0.3 is 15.0 Å². The van der Waals surface area contributed by atoms with E-state index in [-0.39, 0.29) is 11.5 Å². The lowest BCUT2D eigenvalue weighted by Crippen LogP contribution is -2.13. The van der Waals surface area contributed by atoms with Crippen LogP contribution in [-0.2, 0) is 5.75 Å². The lowest BCUT2D eigenvalue weighted by molar-refractivity contribution is 0.103. The smallest absolute Gasteiger partial charge is 0.266 e. The van der Waals surface area contributed by atoms with Gasteiger partial charge in [-0.1, -0.05) is 17.7 Å². The number of fused-ring (bicyclic) bond motifs is 1. The number of aromatic nitrogens is 2. The number of anilines is 1. The van der Waals surface area contributed by atoms with E-state index in [9.17, 15) is 9.59 Å². The summed E-state index contributed by atoms with van der Waals surface area (Å²) in [6, 6.07) is 13.6. The quantitative estimate of drug-likeness (QED) is 0.369. The Hall–Kier alpha value is -3.10. The van der Waals surface area contributed by atoms with Gasteiger partial charge in [0.25, 0.3) is 11.5 Å². The van der Waals surface area contributed by atoms with Crippen LogP contribution in [0.4, 0.5) is 5.69 Å². The van der Waals surface area contributed by atoms with Crippen LogP contribution in [-0.4, -0.2) is 23.0 Å². The second kappa shape index (κ2) is 9.18. The molecule has 8 heteroatoms. The normalized spacial score (nSPS) is 11.0. The molecule has 0 radical (unpaired) electrons. The Balaban J connectivity index is 1.57. The number of hydrogen-bond acceptors (Lipinski definition) is 6. The molecule has 0 bridgehead atoms. The summed E-state index contributed by atoms with van der Waals surface area (Å²) < 4.78 is 5.18. The first-order chi connectivity index (χ1) is 15.4. The highest BCUT2D eigenvalue weighted by Crippen LogP contribution is 2.30. The Morgan fingerprint density at radius 2 is 1.91 bits per heavy atom. The summed E-state index contributed by atoms with van der Waals surface area (Å²) in [5.74, 6) is 1.65. The van der Waals surface area contributed by atoms with Crippen molar-refractivity contribution in [1.82, 2.24) is 9.97 Å². The predicted molar refractivity (Wildman–Crippen MR) is 131 cm³/mol. The van der Waals surface area contributed by atoms with E-state index in [1.165, 1.54) is 11.3 Å². The largest absolute Gasteiger partial charge is 0.497 e. The van der Waals surface area contributed by atoms with Gasteiger partial charge in [-0.15, -0.1) is 23.1 Å². The zero-order valence-electron chi connectivity index (χ0n) is 18.2. The highest BCUT2D eigenvalue weighted by atomic mass is 32.2. The molecule has 2 aromatic carbocycles. The van der Waals surface area contributed by atoms with Crippen molar-refractivity contribution in [3.05, 3.63) is 80.2 Å². The topological polar surface area (TPSA) is 84.1 Å². The van der Waals surface area contributed by atoms with Crippen LogP contribution < -0.4 is 15.6 Å². The fraction of sp³-hybridized carbons (Fsp3) is 0.208. The number of aryl methyl sites for hydroxylation is 3. The monoisotopic (exact) mass is 465 g/mol. The molecule has 0 aliphatic rings. The molecular weight excluding hydrogens is 442 g/mol. The predicted octanol–water partition coefficient (Wildman–Crippen LogP) is 5.46. The minimum atomic E-state index is -0.231. The Morgan fingerprint density at radius 1 is 1.16 bits per heavy atom. The van der Waals surface area contributed by atoms with Crippen molar-refractivity contribution in [1.29, 1.82) is 0 Å². The number of nitrogens with zero attached hydrogens (tertiary/aromatic N) is 1. The van der Waals surface area contributed by atoms with Crippen molar-refractivity contribution in [2.45, 2.75) is 31.4 Å². The van der Waals surface area contributed by atoms with Gasteiger partial charge in [-0.3, -0.25) is 9.59 Å². The van der Waals surface area contributed by atoms with E-state index in [4.69, 9.17) is 4.74 Å². The molecule has 0 aliphatic carbocycles. The standard InChI is InChI=1S/C24H23N3O3S2/c1-13-5-10-18(14(2)11-13)25-23(29)21-15(3)20-22(28)26-19(27-24(20)32-21)12-31-17-8-6-16(30-4)7-9-17/h5-11H,12H2,1-4H3,(H,25,29)(H,26,27,28). The Labute approximate surface area is 194 Å². The van der Waals surface area contributed by atoms with Crippen LogP contribution in [0.25, 0.3) is 10.2 Å². The third-order valence-corrected chi connectivity index (χ3v) is 7.33. The van der Waals surface area contributed by atoms with E-state index in [2.05, 4.69) is 15.3 Å². The van der Waals surface area contributed by atoms with Crippen molar-refractivity contribution in [2.75, 3.05) is 12.4 Å². The molecule has 4 aromatic rings. The van der Waals surface area contributed by atoms with Crippen LogP contribution in [0.5, 0.6) is 5.75 Å². The van der Waals surface area contributed by atoms with Crippen molar-refractivity contribution in [3.8, 4) is 5.75 Å². The van der Waals surface area contributed by atoms with Crippen molar-refractivity contribution in [3.63, 3.8) is 0 Å². The lowest BCUT2D eigenvalue weighted by Gasteiger charge is -2.08. The van der Waals surface area contributed by atoms with Crippen LogP contribution in [0, 0.1) is 20.8 Å². The van der Waals surface area contributed by atoms with Gasteiger partial charge in [-0.25, -0.2) is 4.98 Å². The molecule has 2 heterocycles. The summed E-state index contributed by atoms with van der Waals surface area (Å²) in [7, 11) is 1.63. The third-order valence-electron chi connectivity index (χ3n) is 5.12. The molecule has 32 heavy (non-hydrogen) atoms. The zero-order chi connectivity index (χ0) is 22.8. The van der Waals surface area contributed by atoms with E-state index in [1.807, 2.05) is 56.3 Å². The number of amides is 1. The number of methoxy groups -OCH3 is 1. The van der Waals surface area contributed by atoms with Gasteiger partial charge in [0, 0.05) is 10.6 Å². The van der Waals surface area contributed by atoms with Gasteiger partial charge >= 0.3 is 0 Å². The van der Waals surface area contributed by atoms with E-state index < -0.39 is 0 Å². The minimum absolute atomic E-state index is 0.223. The van der Waals surface area contributed by atoms with Crippen LogP contribution in [0.15, 0.2) is 52.2 Å².